The monoisotopic (exact) mass is 263 g/mol. The van der Waals surface area contributed by atoms with Gasteiger partial charge in [0.05, 0.1) is 6.61 Å². The highest BCUT2D eigenvalue weighted by atomic mass is 17.0. The molecule has 9 heteroatoms. The Morgan fingerprint density at radius 2 is 2.22 bits per heavy atom. The third-order valence-corrected chi connectivity index (χ3v) is 3.13. The summed E-state index contributed by atoms with van der Waals surface area (Å²) in [5.41, 5.74) is -1.90. The van der Waals surface area contributed by atoms with Crippen LogP contribution in [0.15, 0.2) is 0 Å². The summed E-state index contributed by atoms with van der Waals surface area (Å²) in [7, 11) is 0. The summed E-state index contributed by atoms with van der Waals surface area (Å²) in [4.78, 5) is 25.3. The van der Waals surface area contributed by atoms with E-state index in [-0.39, 0.29) is 12.9 Å². The van der Waals surface area contributed by atoms with Crippen LogP contribution in [0.5, 0.6) is 0 Å². The van der Waals surface area contributed by atoms with E-state index in [4.69, 9.17) is 9.47 Å². The van der Waals surface area contributed by atoms with Crippen LogP contribution in [0, 0.1) is 10.1 Å². The van der Waals surface area contributed by atoms with E-state index in [2.05, 4.69) is 4.84 Å². The van der Waals surface area contributed by atoms with Crippen molar-refractivity contribution >= 4 is 6.29 Å². The van der Waals surface area contributed by atoms with Gasteiger partial charge in [0.15, 0.2) is 12.4 Å². The van der Waals surface area contributed by atoms with Crippen LogP contribution in [-0.2, 0) is 19.1 Å². The van der Waals surface area contributed by atoms with Gasteiger partial charge in [0.1, 0.15) is 30.0 Å². The number of carbonyl (C=O) groups is 1. The van der Waals surface area contributed by atoms with Crippen molar-refractivity contribution in [1.82, 2.24) is 0 Å². The highest BCUT2D eigenvalue weighted by molar-refractivity contribution is 5.63. The molecule has 0 aromatic rings. The van der Waals surface area contributed by atoms with Gasteiger partial charge >= 0.3 is 0 Å². The fraction of sp³-hybridized carbons (Fsp3) is 0.889. The van der Waals surface area contributed by atoms with Crippen molar-refractivity contribution in [3.8, 4) is 0 Å². The molecule has 2 fully saturated rings. The first kappa shape index (κ1) is 13.1. The van der Waals surface area contributed by atoms with Gasteiger partial charge in [-0.25, -0.2) is 0 Å². The molecular weight excluding hydrogens is 250 g/mol. The van der Waals surface area contributed by atoms with Gasteiger partial charge in [-0.2, -0.15) is 0 Å². The molecule has 0 aliphatic carbocycles. The normalized spacial score (nSPS) is 42.1. The Hall–Kier alpha value is -1.29. The van der Waals surface area contributed by atoms with Gasteiger partial charge in [-0.1, -0.05) is 0 Å². The first-order valence-electron chi connectivity index (χ1n) is 5.32. The smallest absolute Gasteiger partial charge is 0.294 e. The molecule has 2 aliphatic heterocycles. The maximum atomic E-state index is 10.7. The van der Waals surface area contributed by atoms with Gasteiger partial charge in [-0.3, -0.25) is 0 Å². The van der Waals surface area contributed by atoms with E-state index in [0.717, 1.165) is 0 Å². The summed E-state index contributed by atoms with van der Waals surface area (Å²) in [5.74, 6) is 0. The SMILES string of the molecule is CC(O)(C=O)C1O[C@H]2[C@@H](OC[C@@H]2O[N+](=O)[O-])[C@H]1O. The third kappa shape index (κ3) is 2.05. The van der Waals surface area contributed by atoms with Crippen LogP contribution >= 0.6 is 0 Å². The number of aldehydes is 1. The second-order valence-corrected chi connectivity index (χ2v) is 4.52. The molecule has 0 amide bonds. The van der Waals surface area contributed by atoms with Crippen LogP contribution in [0.3, 0.4) is 0 Å². The van der Waals surface area contributed by atoms with E-state index >= 15 is 0 Å². The van der Waals surface area contributed by atoms with Crippen molar-refractivity contribution in [2.24, 2.45) is 0 Å². The van der Waals surface area contributed by atoms with E-state index in [1.165, 1.54) is 6.92 Å². The van der Waals surface area contributed by atoms with Crippen LogP contribution in [0.4, 0.5) is 0 Å². The zero-order valence-corrected chi connectivity index (χ0v) is 9.46. The number of hydrogen-bond acceptors (Lipinski definition) is 8. The Labute approximate surface area is 101 Å². The largest absolute Gasteiger partial charge is 0.387 e. The molecule has 0 radical (unpaired) electrons. The maximum Gasteiger partial charge on any atom is 0.294 e. The number of carbonyl (C=O) groups excluding carboxylic acids is 1. The second-order valence-electron chi connectivity index (χ2n) is 4.52. The van der Waals surface area contributed by atoms with Crippen LogP contribution in [-0.4, -0.2) is 64.3 Å². The first-order chi connectivity index (χ1) is 8.36. The van der Waals surface area contributed by atoms with Crippen molar-refractivity contribution in [1.29, 1.82) is 0 Å². The minimum absolute atomic E-state index is 0.0939. The maximum absolute atomic E-state index is 10.7. The molecule has 0 saturated carbocycles. The predicted molar refractivity (Wildman–Crippen MR) is 53.0 cm³/mol. The van der Waals surface area contributed by atoms with E-state index in [0.29, 0.717) is 0 Å². The van der Waals surface area contributed by atoms with E-state index < -0.39 is 41.2 Å². The summed E-state index contributed by atoms with van der Waals surface area (Å²) in [5, 5.41) is 28.9. The number of rotatable bonds is 4. The molecule has 0 aromatic carbocycles. The van der Waals surface area contributed by atoms with Gasteiger partial charge in [0.2, 0.25) is 0 Å². The molecule has 0 aromatic heterocycles. The Kier molecular flexibility index (Phi) is 3.23. The molecule has 2 unspecified atom stereocenters. The lowest BCUT2D eigenvalue weighted by Gasteiger charge is -2.27. The molecule has 6 atom stereocenters. The topological polar surface area (TPSA) is 128 Å². The molecule has 2 saturated heterocycles. The lowest BCUT2D eigenvalue weighted by molar-refractivity contribution is -0.769. The van der Waals surface area contributed by atoms with Crippen molar-refractivity contribution in [3.05, 3.63) is 10.1 Å². The van der Waals surface area contributed by atoms with Gasteiger partial charge in [-0.15, -0.1) is 10.1 Å². The highest BCUT2D eigenvalue weighted by Crippen LogP contribution is 2.36. The van der Waals surface area contributed by atoms with Crippen molar-refractivity contribution < 1.29 is 34.4 Å². The van der Waals surface area contributed by atoms with Crippen LogP contribution in [0.25, 0.3) is 0 Å². The number of hydrogen-bond donors (Lipinski definition) is 2. The fourth-order valence-electron chi connectivity index (χ4n) is 2.24. The number of fused-ring (bicyclic) bond motifs is 1. The summed E-state index contributed by atoms with van der Waals surface area (Å²) in [6.07, 6.45) is -4.94. The average molecular weight is 263 g/mol. The molecule has 102 valence electrons. The fourth-order valence-corrected chi connectivity index (χ4v) is 2.24. The quantitative estimate of drug-likeness (QED) is 0.340. The Morgan fingerprint density at radius 1 is 1.56 bits per heavy atom. The van der Waals surface area contributed by atoms with Crippen LogP contribution < -0.4 is 0 Å². The Bertz CT molecular complexity index is 358. The first-order valence-corrected chi connectivity index (χ1v) is 5.32. The zero-order valence-electron chi connectivity index (χ0n) is 9.46. The number of aliphatic hydroxyl groups is 2. The number of nitrogens with zero attached hydrogens (tertiary/aromatic N) is 1. The third-order valence-electron chi connectivity index (χ3n) is 3.13. The lowest BCUT2D eigenvalue weighted by Crippen LogP contribution is -2.48. The van der Waals surface area contributed by atoms with Gasteiger partial charge < -0.3 is 29.3 Å². The molecule has 9 nitrogen and oxygen atoms in total. The summed E-state index contributed by atoms with van der Waals surface area (Å²) in [6, 6.07) is 0. The minimum atomic E-state index is -1.90. The minimum Gasteiger partial charge on any atom is -0.387 e. The molecule has 2 aliphatic rings. The molecule has 18 heavy (non-hydrogen) atoms. The average Bonchev–Trinajstić information content (AvgIpc) is 2.81. The van der Waals surface area contributed by atoms with Crippen molar-refractivity contribution in [2.75, 3.05) is 6.61 Å². The number of ether oxygens (including phenoxy) is 2. The summed E-state index contributed by atoms with van der Waals surface area (Å²) in [6.45, 7) is 1.08. The van der Waals surface area contributed by atoms with Crippen LogP contribution in [0.2, 0.25) is 0 Å². The predicted octanol–water partition coefficient (Wildman–Crippen LogP) is -1.96. The molecule has 0 bridgehead atoms. The van der Waals surface area contributed by atoms with Crippen LogP contribution in [0.1, 0.15) is 6.92 Å². The lowest BCUT2D eigenvalue weighted by atomic mass is 9.95. The molecule has 2 heterocycles. The van der Waals surface area contributed by atoms with Gasteiger partial charge in [0, 0.05) is 0 Å². The van der Waals surface area contributed by atoms with E-state index in [1.807, 2.05) is 0 Å². The van der Waals surface area contributed by atoms with E-state index in [9.17, 15) is 25.1 Å². The summed E-state index contributed by atoms with van der Waals surface area (Å²) < 4.78 is 10.4. The Balaban J connectivity index is 2.11. The summed E-state index contributed by atoms with van der Waals surface area (Å²) >= 11 is 0. The number of aliphatic hydroxyl groups excluding tert-OH is 1. The second kappa shape index (κ2) is 4.43. The van der Waals surface area contributed by atoms with Gasteiger partial charge in [-0.05, 0) is 6.92 Å². The van der Waals surface area contributed by atoms with Gasteiger partial charge in [0.25, 0.3) is 5.09 Å². The van der Waals surface area contributed by atoms with Crippen molar-refractivity contribution in [3.63, 3.8) is 0 Å². The molecule has 0 spiro atoms. The standard InChI is InChI=1S/C9H13NO8/c1-9(13,3-11)8-5(12)7-6(17-8)4(2-16-7)18-10(14)15/h3-8,12-13H,2H2,1H3/t4-,5+,6+,7-,8?,9?/m0/s1. The zero-order chi connectivity index (χ0) is 13.5. The Morgan fingerprint density at radius 3 is 2.78 bits per heavy atom. The molecule has 2 N–H and O–H groups in total. The molecular formula is C9H13NO8. The van der Waals surface area contributed by atoms with Crippen molar-refractivity contribution in [2.45, 2.75) is 43.0 Å². The van der Waals surface area contributed by atoms with E-state index in [1.54, 1.807) is 0 Å². The molecule has 2 rings (SSSR count). The highest BCUT2D eigenvalue weighted by Gasteiger charge is 2.58.